The smallest absolute Gasteiger partial charge is 0.270 e. The number of carbonyl (C=O) groups excluding carboxylic acids is 1. The highest BCUT2D eigenvalue weighted by molar-refractivity contribution is 7.89. The van der Waals surface area contributed by atoms with Gasteiger partial charge in [0.05, 0.1) is 17.2 Å². The molecule has 1 fully saturated rings. The lowest BCUT2D eigenvalue weighted by atomic mass is 10.1. The summed E-state index contributed by atoms with van der Waals surface area (Å²) in [5.41, 5.74) is -0.0357. The molecule has 0 unspecified atom stereocenters. The Morgan fingerprint density at radius 3 is 2.74 bits per heavy atom. The number of carbonyl (C=O) groups is 1. The lowest BCUT2D eigenvalue weighted by Gasteiger charge is -2.12. The molecule has 0 N–H and O–H groups in total. The predicted octanol–water partition coefficient (Wildman–Crippen LogP) is 0.813. The van der Waals surface area contributed by atoms with Crippen LogP contribution >= 0.6 is 0 Å². The van der Waals surface area contributed by atoms with E-state index in [9.17, 15) is 23.3 Å². The summed E-state index contributed by atoms with van der Waals surface area (Å²) in [5, 5.41) is 10.6. The van der Waals surface area contributed by atoms with Gasteiger partial charge in [-0.2, -0.15) is 4.31 Å². The Morgan fingerprint density at radius 2 is 2.16 bits per heavy atom. The summed E-state index contributed by atoms with van der Waals surface area (Å²) in [5.74, 6) is -0.385. The number of nitro benzene ring substituents is 1. The van der Waals surface area contributed by atoms with Crippen molar-refractivity contribution in [3.05, 3.63) is 39.9 Å². The molecule has 19 heavy (non-hydrogen) atoms. The molecule has 1 aromatic rings. The van der Waals surface area contributed by atoms with E-state index in [0.717, 1.165) is 10.4 Å². The molecule has 1 aliphatic rings. The number of sulfonamides is 1. The van der Waals surface area contributed by atoms with Crippen molar-refractivity contribution < 1.29 is 18.1 Å². The first-order valence-electron chi connectivity index (χ1n) is 5.65. The summed E-state index contributed by atoms with van der Waals surface area (Å²) in [6, 6.07) is 5.29. The Balaban J connectivity index is 2.16. The van der Waals surface area contributed by atoms with Crippen LogP contribution in [0, 0.1) is 10.1 Å². The van der Waals surface area contributed by atoms with Crippen LogP contribution in [0.4, 0.5) is 5.69 Å². The molecular formula is C11H12N2O5S. The van der Waals surface area contributed by atoms with Crippen LogP contribution in [-0.2, 0) is 10.0 Å². The summed E-state index contributed by atoms with van der Waals surface area (Å²) in [6.45, 7) is 0.0620. The Labute approximate surface area is 110 Å². The van der Waals surface area contributed by atoms with E-state index in [-0.39, 0.29) is 23.5 Å². The Kier molecular flexibility index (Phi) is 3.63. The van der Waals surface area contributed by atoms with E-state index < -0.39 is 20.7 Å². The summed E-state index contributed by atoms with van der Waals surface area (Å²) >= 11 is 0. The molecule has 0 bridgehead atoms. The number of non-ortho nitro benzene ring substituents is 1. The first-order valence-corrected chi connectivity index (χ1v) is 7.26. The molecule has 1 saturated heterocycles. The quantitative estimate of drug-likeness (QED) is 0.463. The van der Waals surface area contributed by atoms with Crippen LogP contribution in [0.2, 0.25) is 0 Å². The fourth-order valence-electron chi connectivity index (χ4n) is 1.91. The third-order valence-corrected chi connectivity index (χ3v) is 4.81. The van der Waals surface area contributed by atoms with Crippen LogP contribution in [0.15, 0.2) is 24.3 Å². The van der Waals surface area contributed by atoms with Crippen molar-refractivity contribution >= 4 is 21.5 Å². The Morgan fingerprint density at radius 1 is 1.42 bits per heavy atom. The predicted molar refractivity (Wildman–Crippen MR) is 67.4 cm³/mol. The Hall–Kier alpha value is -1.80. The standard InChI is InChI=1S/C11H12N2O5S/c14-11(8-12-5-2-6-19(12,17)18)9-3-1-4-10(7-9)13(15)16/h1,3-4,7H,2,5-6,8H2. The number of ketones is 1. The van der Waals surface area contributed by atoms with Gasteiger partial charge in [-0.25, -0.2) is 8.42 Å². The Bertz CT molecular complexity index is 626. The highest BCUT2D eigenvalue weighted by Gasteiger charge is 2.30. The molecule has 0 amide bonds. The molecule has 1 aromatic carbocycles. The van der Waals surface area contributed by atoms with E-state index in [1.165, 1.54) is 18.2 Å². The molecule has 0 saturated carbocycles. The topological polar surface area (TPSA) is 97.6 Å². The maximum Gasteiger partial charge on any atom is 0.270 e. The molecule has 8 heteroatoms. The van der Waals surface area contributed by atoms with Crippen molar-refractivity contribution in [1.29, 1.82) is 0 Å². The second-order valence-electron chi connectivity index (χ2n) is 4.23. The zero-order valence-corrected chi connectivity index (χ0v) is 10.8. The van der Waals surface area contributed by atoms with Crippen LogP contribution < -0.4 is 0 Å². The molecule has 0 aromatic heterocycles. The fraction of sp³-hybridized carbons (Fsp3) is 0.364. The lowest BCUT2D eigenvalue weighted by molar-refractivity contribution is -0.384. The summed E-state index contributed by atoms with van der Waals surface area (Å²) in [6.07, 6.45) is 0.505. The van der Waals surface area contributed by atoms with Crippen molar-refractivity contribution in [3.63, 3.8) is 0 Å². The number of nitro groups is 1. The van der Waals surface area contributed by atoms with Crippen LogP contribution in [0.3, 0.4) is 0 Å². The van der Waals surface area contributed by atoms with Gasteiger partial charge in [0.25, 0.3) is 5.69 Å². The summed E-state index contributed by atoms with van der Waals surface area (Å²) < 4.78 is 24.3. The first-order chi connectivity index (χ1) is 8.90. The zero-order chi connectivity index (χ0) is 14.0. The van der Waals surface area contributed by atoms with Gasteiger partial charge in [-0.05, 0) is 6.42 Å². The number of hydrogen-bond acceptors (Lipinski definition) is 5. The van der Waals surface area contributed by atoms with Gasteiger partial charge in [-0.3, -0.25) is 14.9 Å². The van der Waals surface area contributed by atoms with Crippen LogP contribution in [0.25, 0.3) is 0 Å². The molecule has 1 aliphatic heterocycles. The number of Topliss-reactive ketones (excluding diaryl/α,β-unsaturated/α-hetero) is 1. The third-order valence-electron chi connectivity index (χ3n) is 2.90. The minimum Gasteiger partial charge on any atom is -0.293 e. The van der Waals surface area contributed by atoms with E-state index in [1.54, 1.807) is 0 Å². The highest BCUT2D eigenvalue weighted by atomic mass is 32.2. The van der Waals surface area contributed by atoms with Crippen LogP contribution in [-0.4, -0.2) is 42.3 Å². The summed E-state index contributed by atoms with van der Waals surface area (Å²) in [7, 11) is -3.34. The van der Waals surface area contributed by atoms with E-state index in [1.807, 2.05) is 0 Å². The second-order valence-corrected chi connectivity index (χ2v) is 6.32. The molecule has 102 valence electrons. The average Bonchev–Trinajstić information content (AvgIpc) is 2.69. The van der Waals surface area contributed by atoms with Crippen LogP contribution in [0.5, 0.6) is 0 Å². The van der Waals surface area contributed by atoms with Crippen molar-refractivity contribution in [2.45, 2.75) is 6.42 Å². The molecule has 0 radical (unpaired) electrons. The molecule has 0 aliphatic carbocycles. The van der Waals surface area contributed by atoms with Crippen molar-refractivity contribution in [2.24, 2.45) is 0 Å². The number of hydrogen-bond donors (Lipinski definition) is 0. The van der Waals surface area contributed by atoms with E-state index in [2.05, 4.69) is 0 Å². The SMILES string of the molecule is O=C(CN1CCCS1(=O)=O)c1cccc([N+](=O)[O-])c1. The monoisotopic (exact) mass is 284 g/mol. The fourth-order valence-corrected chi connectivity index (χ4v) is 3.39. The summed E-state index contributed by atoms with van der Waals surface area (Å²) in [4.78, 5) is 22.0. The largest absolute Gasteiger partial charge is 0.293 e. The molecule has 1 heterocycles. The molecule has 0 spiro atoms. The van der Waals surface area contributed by atoms with Gasteiger partial charge in [0, 0.05) is 24.2 Å². The number of rotatable bonds is 4. The van der Waals surface area contributed by atoms with Gasteiger partial charge < -0.3 is 0 Å². The third kappa shape index (κ3) is 2.96. The van der Waals surface area contributed by atoms with Crippen molar-refractivity contribution in [3.8, 4) is 0 Å². The molecular weight excluding hydrogens is 272 g/mol. The normalized spacial score (nSPS) is 18.3. The van der Waals surface area contributed by atoms with Gasteiger partial charge >= 0.3 is 0 Å². The highest BCUT2D eigenvalue weighted by Crippen LogP contribution is 2.17. The van der Waals surface area contributed by atoms with E-state index >= 15 is 0 Å². The number of nitrogens with zero attached hydrogens (tertiary/aromatic N) is 2. The van der Waals surface area contributed by atoms with Gasteiger partial charge in [0.1, 0.15) is 0 Å². The minimum absolute atomic E-state index is 0.0508. The first kappa shape index (κ1) is 13.6. The van der Waals surface area contributed by atoms with Gasteiger partial charge in [0.15, 0.2) is 5.78 Å². The second kappa shape index (κ2) is 5.06. The average molecular weight is 284 g/mol. The molecule has 7 nitrogen and oxygen atoms in total. The minimum atomic E-state index is -3.34. The lowest BCUT2D eigenvalue weighted by Crippen LogP contribution is -2.31. The van der Waals surface area contributed by atoms with Crippen molar-refractivity contribution in [2.75, 3.05) is 18.8 Å². The van der Waals surface area contributed by atoms with Crippen molar-refractivity contribution in [1.82, 2.24) is 4.31 Å². The maximum absolute atomic E-state index is 11.9. The maximum atomic E-state index is 11.9. The van der Waals surface area contributed by atoms with Gasteiger partial charge in [0.2, 0.25) is 10.0 Å². The zero-order valence-electron chi connectivity index (χ0n) is 9.98. The number of benzene rings is 1. The van der Waals surface area contributed by atoms with E-state index in [4.69, 9.17) is 0 Å². The molecule has 0 atom stereocenters. The van der Waals surface area contributed by atoms with Crippen LogP contribution in [0.1, 0.15) is 16.8 Å². The van der Waals surface area contributed by atoms with E-state index in [0.29, 0.717) is 13.0 Å². The van der Waals surface area contributed by atoms with Gasteiger partial charge in [-0.15, -0.1) is 0 Å². The van der Waals surface area contributed by atoms with Gasteiger partial charge in [-0.1, -0.05) is 12.1 Å². The molecule has 2 rings (SSSR count).